The molecule has 0 saturated heterocycles. The van der Waals surface area contributed by atoms with Crippen molar-refractivity contribution in [1.29, 1.82) is 0 Å². The molecule has 0 aliphatic heterocycles. The van der Waals surface area contributed by atoms with E-state index in [1.807, 2.05) is 34.6 Å². The summed E-state index contributed by atoms with van der Waals surface area (Å²) in [4.78, 5) is 16.0. The molecule has 0 radical (unpaired) electrons. The highest BCUT2D eigenvalue weighted by atomic mass is 16.5. The van der Waals surface area contributed by atoms with Crippen LogP contribution in [-0.2, 0) is 4.74 Å². The molecular formula is C16H26N2O3. The first-order chi connectivity index (χ1) is 9.81. The van der Waals surface area contributed by atoms with Crippen molar-refractivity contribution in [2.24, 2.45) is 0 Å². The molecule has 0 aliphatic carbocycles. The van der Waals surface area contributed by atoms with Crippen LogP contribution in [0.1, 0.15) is 51.4 Å². The normalized spacial score (nSPS) is 12.8. The van der Waals surface area contributed by atoms with Crippen molar-refractivity contribution in [3.63, 3.8) is 0 Å². The van der Waals surface area contributed by atoms with E-state index in [4.69, 9.17) is 9.47 Å². The summed E-state index contributed by atoms with van der Waals surface area (Å²) >= 11 is 0. The lowest BCUT2D eigenvalue weighted by atomic mass is 10.2. The van der Waals surface area contributed by atoms with Gasteiger partial charge < -0.3 is 14.8 Å². The van der Waals surface area contributed by atoms with Crippen molar-refractivity contribution >= 4 is 5.91 Å². The monoisotopic (exact) mass is 294 g/mol. The van der Waals surface area contributed by atoms with E-state index in [9.17, 15) is 4.79 Å². The van der Waals surface area contributed by atoms with Gasteiger partial charge in [0, 0.05) is 18.3 Å². The Balaban J connectivity index is 2.41. The third-order valence-electron chi connectivity index (χ3n) is 2.86. The first kappa shape index (κ1) is 17.4. The van der Waals surface area contributed by atoms with Crippen LogP contribution in [0.2, 0.25) is 0 Å². The van der Waals surface area contributed by atoms with Crippen LogP contribution in [-0.4, -0.2) is 35.7 Å². The van der Waals surface area contributed by atoms with Gasteiger partial charge in [-0.25, -0.2) is 4.98 Å². The Hall–Kier alpha value is -1.62. The van der Waals surface area contributed by atoms with Crippen LogP contribution in [0.5, 0.6) is 5.88 Å². The van der Waals surface area contributed by atoms with Gasteiger partial charge in [-0.2, -0.15) is 0 Å². The molecule has 1 unspecified atom stereocenters. The zero-order chi connectivity index (χ0) is 15.9. The molecule has 1 aromatic rings. The average Bonchev–Trinajstić information content (AvgIpc) is 2.43. The van der Waals surface area contributed by atoms with Gasteiger partial charge in [-0.1, -0.05) is 6.92 Å². The molecule has 1 aromatic heterocycles. The van der Waals surface area contributed by atoms with E-state index >= 15 is 0 Å². The highest BCUT2D eigenvalue weighted by Gasteiger charge is 2.10. The molecule has 0 fully saturated rings. The summed E-state index contributed by atoms with van der Waals surface area (Å²) < 4.78 is 11.0. The van der Waals surface area contributed by atoms with Crippen molar-refractivity contribution < 1.29 is 14.3 Å². The molecule has 1 heterocycles. The summed E-state index contributed by atoms with van der Waals surface area (Å²) in [5.41, 5.74) is 0.364. The number of ether oxygens (including phenoxy) is 2. The Bertz CT molecular complexity index is 438. The smallest absolute Gasteiger partial charge is 0.253 e. The van der Waals surface area contributed by atoms with Crippen molar-refractivity contribution in [1.82, 2.24) is 10.3 Å². The van der Waals surface area contributed by atoms with Gasteiger partial charge >= 0.3 is 0 Å². The molecule has 1 rings (SSSR count). The molecule has 118 valence electrons. The summed E-state index contributed by atoms with van der Waals surface area (Å²) in [5, 5.41) is 2.89. The Kier molecular flexibility index (Phi) is 6.62. The fourth-order valence-electron chi connectivity index (χ4n) is 1.50. The average molecular weight is 294 g/mol. The number of nitrogens with zero attached hydrogens (tertiary/aromatic N) is 1. The predicted molar refractivity (Wildman–Crippen MR) is 82.7 cm³/mol. The topological polar surface area (TPSA) is 60.5 Å². The fourth-order valence-corrected chi connectivity index (χ4v) is 1.50. The van der Waals surface area contributed by atoms with Crippen LogP contribution in [0.3, 0.4) is 0 Å². The molecule has 0 spiro atoms. The molecule has 1 amide bonds. The number of rotatable bonds is 7. The third-order valence-corrected chi connectivity index (χ3v) is 2.86. The van der Waals surface area contributed by atoms with Gasteiger partial charge in [0.1, 0.15) is 6.61 Å². The minimum absolute atomic E-state index is 0.112. The van der Waals surface area contributed by atoms with E-state index in [1.54, 1.807) is 12.1 Å². The quantitative estimate of drug-likeness (QED) is 0.786. The van der Waals surface area contributed by atoms with Crippen LogP contribution >= 0.6 is 0 Å². The lowest BCUT2D eigenvalue weighted by Gasteiger charge is -2.19. The van der Waals surface area contributed by atoms with Gasteiger partial charge in [-0.15, -0.1) is 0 Å². The lowest BCUT2D eigenvalue weighted by molar-refractivity contribution is -0.0168. The number of carbonyl (C=O) groups is 1. The number of pyridine rings is 1. The molecule has 0 bridgehead atoms. The maximum Gasteiger partial charge on any atom is 0.253 e. The van der Waals surface area contributed by atoms with E-state index < -0.39 is 0 Å². The zero-order valence-corrected chi connectivity index (χ0v) is 13.6. The number of carbonyl (C=O) groups excluding carboxylic acids is 1. The van der Waals surface area contributed by atoms with Crippen molar-refractivity contribution in [2.75, 3.05) is 13.2 Å². The van der Waals surface area contributed by atoms with Gasteiger partial charge in [0.05, 0.1) is 17.8 Å². The molecule has 0 aromatic carbocycles. The summed E-state index contributed by atoms with van der Waals surface area (Å²) in [7, 11) is 0. The minimum atomic E-state index is -0.172. The summed E-state index contributed by atoms with van der Waals surface area (Å²) in [6.45, 7) is 10.9. The molecule has 1 N–H and O–H groups in total. The second-order valence-corrected chi connectivity index (χ2v) is 5.98. The molecule has 0 aliphatic rings. The number of nitrogens with one attached hydrogen (secondary N) is 1. The highest BCUT2D eigenvalue weighted by Crippen LogP contribution is 2.09. The SMILES string of the molecule is CCC(C)NC(=O)c1ccc(OCCOC(C)(C)C)nc1. The van der Waals surface area contributed by atoms with Crippen molar-refractivity contribution in [3.05, 3.63) is 23.9 Å². The molecule has 5 heteroatoms. The second-order valence-electron chi connectivity index (χ2n) is 5.98. The predicted octanol–water partition coefficient (Wildman–Crippen LogP) is 2.80. The first-order valence-electron chi connectivity index (χ1n) is 7.35. The minimum Gasteiger partial charge on any atom is -0.475 e. The molecule has 1 atom stereocenters. The standard InChI is InChI=1S/C16H26N2O3/c1-6-12(2)18-15(19)13-7-8-14(17-11-13)20-9-10-21-16(3,4)5/h7-8,11-12H,6,9-10H2,1-5H3,(H,18,19). The number of amides is 1. The molecule has 21 heavy (non-hydrogen) atoms. The van der Waals surface area contributed by atoms with E-state index in [-0.39, 0.29) is 17.6 Å². The number of aromatic nitrogens is 1. The van der Waals surface area contributed by atoms with Crippen LogP contribution < -0.4 is 10.1 Å². The first-order valence-corrected chi connectivity index (χ1v) is 7.35. The van der Waals surface area contributed by atoms with E-state index in [2.05, 4.69) is 10.3 Å². The number of hydrogen-bond acceptors (Lipinski definition) is 4. The van der Waals surface area contributed by atoms with E-state index in [1.165, 1.54) is 6.20 Å². The van der Waals surface area contributed by atoms with Crippen LogP contribution in [0.25, 0.3) is 0 Å². The third kappa shape index (κ3) is 7.09. The Morgan fingerprint density at radius 1 is 1.33 bits per heavy atom. The van der Waals surface area contributed by atoms with Gasteiger partial charge in [-0.3, -0.25) is 4.79 Å². The van der Waals surface area contributed by atoms with Crippen LogP contribution in [0.15, 0.2) is 18.3 Å². The van der Waals surface area contributed by atoms with Gasteiger partial charge in [0.25, 0.3) is 5.91 Å². The summed E-state index contributed by atoms with van der Waals surface area (Å²) in [6.07, 6.45) is 2.42. The van der Waals surface area contributed by atoms with Gasteiger partial charge in [0.15, 0.2) is 0 Å². The maximum atomic E-state index is 11.9. The lowest BCUT2D eigenvalue weighted by Crippen LogP contribution is -2.31. The largest absolute Gasteiger partial charge is 0.475 e. The van der Waals surface area contributed by atoms with E-state index in [0.29, 0.717) is 24.7 Å². The van der Waals surface area contributed by atoms with Crippen molar-refractivity contribution in [3.8, 4) is 5.88 Å². The molecular weight excluding hydrogens is 268 g/mol. The zero-order valence-electron chi connectivity index (χ0n) is 13.6. The van der Waals surface area contributed by atoms with Gasteiger partial charge in [-0.05, 0) is 40.2 Å². The Morgan fingerprint density at radius 3 is 2.57 bits per heavy atom. The van der Waals surface area contributed by atoms with Crippen LogP contribution in [0, 0.1) is 0 Å². The van der Waals surface area contributed by atoms with Crippen molar-refractivity contribution in [2.45, 2.75) is 52.7 Å². The van der Waals surface area contributed by atoms with E-state index in [0.717, 1.165) is 6.42 Å². The fraction of sp³-hybridized carbons (Fsp3) is 0.625. The Labute approximate surface area is 127 Å². The molecule has 5 nitrogen and oxygen atoms in total. The number of hydrogen-bond donors (Lipinski definition) is 1. The second kappa shape index (κ2) is 7.98. The maximum absolute atomic E-state index is 11.9. The van der Waals surface area contributed by atoms with Crippen LogP contribution in [0.4, 0.5) is 0 Å². The summed E-state index contributed by atoms with van der Waals surface area (Å²) in [6, 6.07) is 3.57. The molecule has 0 saturated carbocycles. The Morgan fingerprint density at radius 2 is 2.05 bits per heavy atom. The van der Waals surface area contributed by atoms with Gasteiger partial charge in [0.2, 0.25) is 5.88 Å². The highest BCUT2D eigenvalue weighted by molar-refractivity contribution is 5.94. The summed E-state index contributed by atoms with van der Waals surface area (Å²) in [5.74, 6) is 0.382.